The number of aliphatic hydroxyl groups is 1. The molecule has 2 amide bonds. The molecular formula is C25H30N2O6. The van der Waals surface area contributed by atoms with Crippen LogP contribution in [0.25, 0.3) is 11.1 Å². The number of amides is 2. The quantitative estimate of drug-likeness (QED) is 0.437. The molecule has 3 rings (SSSR count). The predicted octanol–water partition coefficient (Wildman–Crippen LogP) is 3.04. The Balaban J connectivity index is 1.67. The lowest BCUT2D eigenvalue weighted by atomic mass is 9.98. The smallest absolute Gasteiger partial charge is 0.407 e. The Hall–Kier alpha value is -3.39. The first-order valence-corrected chi connectivity index (χ1v) is 11.1. The van der Waals surface area contributed by atoms with Gasteiger partial charge in [0.15, 0.2) is 5.54 Å². The second-order valence-electron chi connectivity index (χ2n) is 8.45. The molecule has 8 nitrogen and oxygen atoms in total. The number of unbranched alkanes of at least 4 members (excludes halogenated alkanes) is 1. The molecule has 176 valence electrons. The van der Waals surface area contributed by atoms with Crippen molar-refractivity contribution in [2.75, 3.05) is 13.2 Å². The van der Waals surface area contributed by atoms with Crippen molar-refractivity contribution in [3.05, 3.63) is 59.7 Å². The first-order chi connectivity index (χ1) is 15.8. The number of benzene rings is 2. The number of aliphatic carboxylic acids is 1. The highest BCUT2D eigenvalue weighted by Crippen LogP contribution is 2.44. The Morgan fingerprint density at radius 3 is 2.15 bits per heavy atom. The zero-order valence-corrected chi connectivity index (χ0v) is 18.8. The molecular weight excluding hydrogens is 424 g/mol. The summed E-state index contributed by atoms with van der Waals surface area (Å²) >= 11 is 0. The van der Waals surface area contributed by atoms with Crippen LogP contribution in [-0.4, -0.2) is 53.0 Å². The van der Waals surface area contributed by atoms with Gasteiger partial charge in [-0.2, -0.15) is 0 Å². The van der Waals surface area contributed by atoms with E-state index < -0.39 is 36.2 Å². The molecule has 0 bridgehead atoms. The van der Waals surface area contributed by atoms with Crippen LogP contribution in [0.2, 0.25) is 0 Å². The van der Waals surface area contributed by atoms with E-state index >= 15 is 0 Å². The number of hydrogen-bond acceptors (Lipinski definition) is 5. The fourth-order valence-corrected chi connectivity index (χ4v) is 3.98. The Kier molecular flexibility index (Phi) is 7.71. The van der Waals surface area contributed by atoms with Crippen molar-refractivity contribution in [2.24, 2.45) is 0 Å². The van der Waals surface area contributed by atoms with Crippen molar-refractivity contribution >= 4 is 18.0 Å². The topological polar surface area (TPSA) is 125 Å². The number of carboxylic acid groups (broad SMARTS) is 1. The second kappa shape index (κ2) is 10.5. The molecule has 33 heavy (non-hydrogen) atoms. The highest BCUT2D eigenvalue weighted by atomic mass is 16.5. The van der Waals surface area contributed by atoms with Crippen LogP contribution in [0, 0.1) is 0 Å². The summed E-state index contributed by atoms with van der Waals surface area (Å²) in [7, 11) is 0. The summed E-state index contributed by atoms with van der Waals surface area (Å²) in [5.41, 5.74) is 2.53. The highest BCUT2D eigenvalue weighted by molar-refractivity contribution is 5.91. The monoisotopic (exact) mass is 454 g/mol. The summed E-state index contributed by atoms with van der Waals surface area (Å²) in [6.07, 6.45) is 0.985. The minimum atomic E-state index is -1.84. The Morgan fingerprint density at radius 2 is 1.64 bits per heavy atom. The normalized spacial score (nSPS) is 15.0. The Morgan fingerprint density at radius 1 is 1.06 bits per heavy atom. The van der Waals surface area contributed by atoms with E-state index in [9.17, 15) is 24.6 Å². The number of carboxylic acids is 1. The summed E-state index contributed by atoms with van der Waals surface area (Å²) in [6, 6.07) is 15.0. The van der Waals surface area contributed by atoms with Crippen LogP contribution in [0.4, 0.5) is 4.79 Å². The van der Waals surface area contributed by atoms with E-state index in [-0.39, 0.29) is 12.5 Å². The fraction of sp³-hybridized carbons (Fsp3) is 0.400. The molecule has 8 heteroatoms. The van der Waals surface area contributed by atoms with E-state index in [0.717, 1.165) is 28.7 Å². The molecule has 0 aromatic heterocycles. The van der Waals surface area contributed by atoms with Gasteiger partial charge >= 0.3 is 12.1 Å². The number of alkyl carbamates (subject to hydrolysis) is 1. The summed E-state index contributed by atoms with van der Waals surface area (Å²) in [5.74, 6) is -2.17. The number of aliphatic hydroxyl groups excluding tert-OH is 1. The van der Waals surface area contributed by atoms with Crippen molar-refractivity contribution in [3.8, 4) is 11.1 Å². The predicted molar refractivity (Wildman–Crippen MR) is 123 cm³/mol. The molecule has 1 aliphatic carbocycles. The van der Waals surface area contributed by atoms with Gasteiger partial charge in [0.25, 0.3) is 0 Å². The lowest BCUT2D eigenvalue weighted by molar-refractivity contribution is -0.149. The number of nitrogens with one attached hydrogen (secondary N) is 2. The second-order valence-corrected chi connectivity index (χ2v) is 8.45. The summed E-state index contributed by atoms with van der Waals surface area (Å²) in [6.45, 7) is 2.47. The molecule has 0 aliphatic heterocycles. The zero-order valence-electron chi connectivity index (χ0n) is 18.8. The van der Waals surface area contributed by atoms with Crippen LogP contribution in [-0.2, 0) is 14.3 Å². The SMILES string of the molecule is CCCC[C@H](NC(=O)OCC1c2ccccc2-c2ccccc21)C(=O)NC(C)(CO)C(=O)O. The lowest BCUT2D eigenvalue weighted by Crippen LogP contribution is -2.59. The molecule has 0 saturated carbocycles. The minimum Gasteiger partial charge on any atom is -0.479 e. The van der Waals surface area contributed by atoms with Gasteiger partial charge in [-0.05, 0) is 35.6 Å². The van der Waals surface area contributed by atoms with Gasteiger partial charge < -0.3 is 25.6 Å². The van der Waals surface area contributed by atoms with Gasteiger partial charge in [0.2, 0.25) is 5.91 Å². The molecule has 2 aromatic rings. The number of fused-ring (bicyclic) bond motifs is 3. The van der Waals surface area contributed by atoms with E-state index in [1.165, 1.54) is 6.92 Å². The van der Waals surface area contributed by atoms with Crippen molar-refractivity contribution < 1.29 is 29.3 Å². The summed E-state index contributed by atoms with van der Waals surface area (Å²) in [5, 5.41) is 23.6. The van der Waals surface area contributed by atoms with Crippen molar-refractivity contribution in [1.82, 2.24) is 10.6 Å². The van der Waals surface area contributed by atoms with E-state index in [1.54, 1.807) is 0 Å². The molecule has 0 radical (unpaired) electrons. The molecule has 2 aromatic carbocycles. The van der Waals surface area contributed by atoms with E-state index in [4.69, 9.17) is 4.74 Å². The Bertz CT molecular complexity index is 978. The minimum absolute atomic E-state index is 0.103. The maximum Gasteiger partial charge on any atom is 0.407 e. The maximum atomic E-state index is 12.7. The molecule has 0 spiro atoms. The fourth-order valence-electron chi connectivity index (χ4n) is 3.98. The number of hydrogen-bond donors (Lipinski definition) is 4. The van der Waals surface area contributed by atoms with Gasteiger partial charge in [-0.3, -0.25) is 4.79 Å². The van der Waals surface area contributed by atoms with E-state index in [1.807, 2.05) is 55.5 Å². The maximum absolute atomic E-state index is 12.7. The first-order valence-electron chi connectivity index (χ1n) is 11.1. The van der Waals surface area contributed by atoms with Gasteiger partial charge in [-0.15, -0.1) is 0 Å². The highest BCUT2D eigenvalue weighted by Gasteiger charge is 2.37. The van der Waals surface area contributed by atoms with Crippen molar-refractivity contribution in [2.45, 2.75) is 50.6 Å². The van der Waals surface area contributed by atoms with E-state index in [2.05, 4.69) is 10.6 Å². The lowest BCUT2D eigenvalue weighted by Gasteiger charge is -2.27. The third-order valence-electron chi connectivity index (χ3n) is 5.99. The van der Waals surface area contributed by atoms with Crippen molar-refractivity contribution in [3.63, 3.8) is 0 Å². The molecule has 1 unspecified atom stereocenters. The molecule has 0 heterocycles. The van der Waals surface area contributed by atoms with Gasteiger partial charge in [-0.25, -0.2) is 9.59 Å². The van der Waals surface area contributed by atoms with E-state index in [0.29, 0.717) is 12.8 Å². The first kappa shape index (κ1) is 24.3. The van der Waals surface area contributed by atoms with Crippen LogP contribution in [0.15, 0.2) is 48.5 Å². The molecule has 1 aliphatic rings. The third-order valence-corrected chi connectivity index (χ3v) is 5.99. The average Bonchev–Trinajstić information content (AvgIpc) is 3.13. The standard InChI is InChI=1S/C25H30N2O6/c1-3-4-13-21(22(29)27-25(2,15-28)23(30)31)26-24(32)33-14-20-18-11-7-5-9-16(18)17-10-6-8-12-19(17)20/h5-12,20-21,28H,3-4,13-15H2,1-2H3,(H,26,32)(H,27,29)(H,30,31)/t21-,25?/m0/s1. The number of carbonyl (C=O) groups excluding carboxylic acids is 2. The largest absolute Gasteiger partial charge is 0.479 e. The molecule has 2 atom stereocenters. The number of rotatable bonds is 10. The molecule has 0 fully saturated rings. The summed E-state index contributed by atoms with van der Waals surface area (Å²) in [4.78, 5) is 36.7. The number of carbonyl (C=O) groups is 3. The van der Waals surface area contributed by atoms with Gasteiger partial charge in [0, 0.05) is 5.92 Å². The average molecular weight is 455 g/mol. The van der Waals surface area contributed by atoms with Crippen molar-refractivity contribution in [1.29, 1.82) is 0 Å². The van der Waals surface area contributed by atoms with Gasteiger partial charge in [0.05, 0.1) is 6.61 Å². The summed E-state index contributed by atoms with van der Waals surface area (Å²) < 4.78 is 5.51. The van der Waals surface area contributed by atoms with Crippen LogP contribution < -0.4 is 10.6 Å². The molecule has 0 saturated heterocycles. The van der Waals surface area contributed by atoms with Crippen LogP contribution >= 0.6 is 0 Å². The van der Waals surface area contributed by atoms with Crippen LogP contribution in [0.3, 0.4) is 0 Å². The molecule has 4 N–H and O–H groups in total. The van der Waals surface area contributed by atoms with Crippen LogP contribution in [0.5, 0.6) is 0 Å². The number of ether oxygens (including phenoxy) is 1. The Labute approximate surface area is 193 Å². The zero-order chi connectivity index (χ0) is 24.0. The van der Waals surface area contributed by atoms with Gasteiger partial charge in [-0.1, -0.05) is 68.3 Å². The van der Waals surface area contributed by atoms with Gasteiger partial charge in [0.1, 0.15) is 12.6 Å². The van der Waals surface area contributed by atoms with Crippen LogP contribution in [0.1, 0.15) is 50.2 Å². The third kappa shape index (κ3) is 5.34.